The van der Waals surface area contributed by atoms with Gasteiger partial charge in [-0.2, -0.15) is 9.57 Å². The van der Waals surface area contributed by atoms with Crippen molar-refractivity contribution < 1.29 is 13.2 Å². The maximum atomic E-state index is 13.0. The molecular weight excluding hydrogens is 336 g/mol. The van der Waals surface area contributed by atoms with Crippen molar-refractivity contribution in [2.45, 2.75) is 62.9 Å². The topological polar surface area (TPSA) is 70.4 Å². The SMILES string of the molecule is CCC(C)(C)c1ccc(S(=O)(=O)N(CCC#N)CC2CCCO2)cc1. The Balaban J connectivity index is 2.24. The van der Waals surface area contributed by atoms with Gasteiger partial charge >= 0.3 is 0 Å². The summed E-state index contributed by atoms with van der Waals surface area (Å²) < 4.78 is 33.0. The molecule has 1 fully saturated rings. The van der Waals surface area contributed by atoms with Crippen LogP contribution in [0.2, 0.25) is 0 Å². The van der Waals surface area contributed by atoms with Gasteiger partial charge in [0, 0.05) is 26.1 Å². The minimum Gasteiger partial charge on any atom is -0.377 e. The van der Waals surface area contributed by atoms with Gasteiger partial charge < -0.3 is 4.74 Å². The predicted octanol–water partition coefficient (Wildman–Crippen LogP) is 3.46. The van der Waals surface area contributed by atoms with Crippen molar-refractivity contribution in [2.24, 2.45) is 0 Å². The van der Waals surface area contributed by atoms with E-state index < -0.39 is 10.0 Å². The van der Waals surface area contributed by atoms with E-state index in [2.05, 4.69) is 20.8 Å². The molecule has 1 aromatic rings. The lowest BCUT2D eigenvalue weighted by Crippen LogP contribution is -2.38. The monoisotopic (exact) mass is 364 g/mol. The number of benzene rings is 1. The summed E-state index contributed by atoms with van der Waals surface area (Å²) in [6.07, 6.45) is 2.89. The van der Waals surface area contributed by atoms with Crippen LogP contribution in [0.3, 0.4) is 0 Å². The highest BCUT2D eigenvalue weighted by molar-refractivity contribution is 7.89. The fourth-order valence-corrected chi connectivity index (χ4v) is 4.40. The Labute approximate surface area is 151 Å². The first-order chi connectivity index (χ1) is 11.8. The first-order valence-corrected chi connectivity index (χ1v) is 10.3. The molecule has 0 bridgehead atoms. The van der Waals surface area contributed by atoms with Crippen LogP contribution in [0.25, 0.3) is 0 Å². The minimum absolute atomic E-state index is 0.0144. The van der Waals surface area contributed by atoms with Gasteiger partial charge in [-0.15, -0.1) is 0 Å². The van der Waals surface area contributed by atoms with E-state index in [4.69, 9.17) is 10.00 Å². The number of nitrogens with zero attached hydrogens (tertiary/aromatic N) is 2. The first-order valence-electron chi connectivity index (χ1n) is 8.90. The summed E-state index contributed by atoms with van der Waals surface area (Å²) in [5, 5.41) is 8.86. The van der Waals surface area contributed by atoms with Gasteiger partial charge in [-0.05, 0) is 42.4 Å². The van der Waals surface area contributed by atoms with Gasteiger partial charge in [0.25, 0.3) is 0 Å². The second-order valence-corrected chi connectivity index (χ2v) is 9.11. The summed E-state index contributed by atoms with van der Waals surface area (Å²) in [7, 11) is -3.63. The van der Waals surface area contributed by atoms with Gasteiger partial charge in [-0.3, -0.25) is 0 Å². The van der Waals surface area contributed by atoms with E-state index in [0.29, 0.717) is 13.2 Å². The van der Waals surface area contributed by atoms with Gasteiger partial charge in [0.05, 0.1) is 17.1 Å². The van der Waals surface area contributed by atoms with E-state index in [9.17, 15) is 8.42 Å². The number of rotatable bonds is 8. The molecule has 138 valence electrons. The maximum Gasteiger partial charge on any atom is 0.243 e. The van der Waals surface area contributed by atoms with Crippen molar-refractivity contribution in [2.75, 3.05) is 19.7 Å². The smallest absolute Gasteiger partial charge is 0.243 e. The van der Waals surface area contributed by atoms with E-state index in [1.165, 1.54) is 4.31 Å². The molecule has 25 heavy (non-hydrogen) atoms. The summed E-state index contributed by atoms with van der Waals surface area (Å²) in [4.78, 5) is 0.277. The molecule has 1 atom stereocenters. The highest BCUT2D eigenvalue weighted by Gasteiger charge is 2.29. The second kappa shape index (κ2) is 8.31. The Bertz CT molecular complexity index is 699. The maximum absolute atomic E-state index is 13.0. The van der Waals surface area contributed by atoms with Crippen molar-refractivity contribution in [3.63, 3.8) is 0 Å². The number of hydrogen-bond acceptors (Lipinski definition) is 4. The van der Waals surface area contributed by atoms with Crippen LogP contribution in [0.15, 0.2) is 29.2 Å². The van der Waals surface area contributed by atoms with E-state index in [-0.39, 0.29) is 29.4 Å². The molecule has 0 aromatic heterocycles. The largest absolute Gasteiger partial charge is 0.377 e. The molecule has 0 aliphatic carbocycles. The van der Waals surface area contributed by atoms with Gasteiger partial charge in [-0.25, -0.2) is 8.42 Å². The lowest BCUT2D eigenvalue weighted by atomic mass is 9.82. The summed E-state index contributed by atoms with van der Waals surface area (Å²) in [6.45, 7) is 7.60. The molecule has 0 amide bonds. The van der Waals surface area contributed by atoms with E-state index >= 15 is 0 Å². The van der Waals surface area contributed by atoms with Crippen LogP contribution < -0.4 is 0 Å². The minimum atomic E-state index is -3.63. The molecule has 1 saturated heterocycles. The summed E-state index contributed by atoms with van der Waals surface area (Å²) in [5.41, 5.74) is 1.14. The second-order valence-electron chi connectivity index (χ2n) is 7.17. The Morgan fingerprint density at radius 2 is 2.00 bits per heavy atom. The molecule has 6 heteroatoms. The average Bonchev–Trinajstić information content (AvgIpc) is 3.11. The molecule has 1 aliphatic heterocycles. The zero-order chi connectivity index (χ0) is 18.5. The molecular formula is C19H28N2O3S. The average molecular weight is 365 g/mol. The number of nitriles is 1. The van der Waals surface area contributed by atoms with Crippen LogP contribution >= 0.6 is 0 Å². The fraction of sp³-hybridized carbons (Fsp3) is 0.632. The van der Waals surface area contributed by atoms with Crippen molar-refractivity contribution in [1.82, 2.24) is 4.31 Å². The highest BCUT2D eigenvalue weighted by atomic mass is 32.2. The van der Waals surface area contributed by atoms with Gasteiger partial charge in [0.1, 0.15) is 0 Å². The first kappa shape index (κ1) is 19.9. The van der Waals surface area contributed by atoms with Crippen molar-refractivity contribution in [3.8, 4) is 6.07 Å². The quantitative estimate of drug-likeness (QED) is 0.708. The van der Waals surface area contributed by atoms with Crippen LogP contribution in [0.1, 0.15) is 52.0 Å². The van der Waals surface area contributed by atoms with E-state index in [1.807, 2.05) is 18.2 Å². The summed E-state index contributed by atoms with van der Waals surface area (Å²) in [6, 6.07) is 9.18. The predicted molar refractivity (Wildman–Crippen MR) is 97.7 cm³/mol. The summed E-state index contributed by atoms with van der Waals surface area (Å²) in [5.74, 6) is 0. The standard InChI is InChI=1S/C19H28N2O3S/c1-4-19(2,3)16-8-10-18(11-9-16)25(22,23)21(13-6-12-20)15-17-7-5-14-24-17/h8-11,17H,4-7,13-15H2,1-3H3. The molecule has 1 heterocycles. The Morgan fingerprint density at radius 3 is 2.52 bits per heavy atom. The van der Waals surface area contributed by atoms with Gasteiger partial charge in [-0.1, -0.05) is 32.9 Å². The number of hydrogen-bond donors (Lipinski definition) is 0. The lowest BCUT2D eigenvalue weighted by Gasteiger charge is -2.26. The molecule has 0 spiro atoms. The molecule has 5 nitrogen and oxygen atoms in total. The molecule has 1 unspecified atom stereocenters. The fourth-order valence-electron chi connectivity index (χ4n) is 2.93. The molecule has 2 rings (SSSR count). The van der Waals surface area contributed by atoms with Crippen LogP contribution in [0.5, 0.6) is 0 Å². The molecule has 1 aliphatic rings. The molecule has 0 N–H and O–H groups in total. The lowest BCUT2D eigenvalue weighted by molar-refractivity contribution is 0.0941. The third kappa shape index (κ3) is 4.81. The normalized spacial score (nSPS) is 18.4. The Hall–Kier alpha value is -1.42. The zero-order valence-corrected chi connectivity index (χ0v) is 16.2. The van der Waals surface area contributed by atoms with Crippen molar-refractivity contribution >= 4 is 10.0 Å². The Morgan fingerprint density at radius 1 is 1.32 bits per heavy atom. The number of ether oxygens (including phenoxy) is 1. The van der Waals surface area contributed by atoms with E-state index in [0.717, 1.165) is 24.8 Å². The van der Waals surface area contributed by atoms with E-state index in [1.54, 1.807) is 12.1 Å². The Kier molecular flexibility index (Phi) is 6.61. The van der Waals surface area contributed by atoms with Crippen LogP contribution in [-0.4, -0.2) is 38.5 Å². The number of sulfonamides is 1. The van der Waals surface area contributed by atoms with Gasteiger partial charge in [0.15, 0.2) is 0 Å². The van der Waals surface area contributed by atoms with Crippen LogP contribution in [0.4, 0.5) is 0 Å². The van der Waals surface area contributed by atoms with Gasteiger partial charge in [0.2, 0.25) is 10.0 Å². The third-order valence-electron chi connectivity index (χ3n) is 5.06. The molecule has 0 saturated carbocycles. The third-order valence-corrected chi connectivity index (χ3v) is 6.94. The van der Waals surface area contributed by atoms with Crippen LogP contribution in [0, 0.1) is 11.3 Å². The molecule has 1 aromatic carbocycles. The van der Waals surface area contributed by atoms with Crippen LogP contribution in [-0.2, 0) is 20.2 Å². The zero-order valence-electron chi connectivity index (χ0n) is 15.4. The highest BCUT2D eigenvalue weighted by Crippen LogP contribution is 2.28. The van der Waals surface area contributed by atoms with Crippen molar-refractivity contribution in [3.05, 3.63) is 29.8 Å². The molecule has 0 radical (unpaired) electrons. The van der Waals surface area contributed by atoms with Crippen molar-refractivity contribution in [1.29, 1.82) is 5.26 Å². The summed E-state index contributed by atoms with van der Waals surface area (Å²) >= 11 is 0.